The van der Waals surface area contributed by atoms with Crippen LogP contribution in [0.2, 0.25) is 0 Å². The summed E-state index contributed by atoms with van der Waals surface area (Å²) in [4.78, 5) is 22.9. The van der Waals surface area contributed by atoms with E-state index in [1.807, 2.05) is 12.1 Å². The van der Waals surface area contributed by atoms with Crippen LogP contribution in [0, 0.1) is 9.49 Å². The lowest BCUT2D eigenvalue weighted by molar-refractivity contribution is -0.137. The van der Waals surface area contributed by atoms with Crippen LogP contribution >= 0.6 is 22.6 Å². The molecule has 0 aromatic heterocycles. The van der Waals surface area contributed by atoms with Gasteiger partial charge in [0.05, 0.1) is 12.0 Å². The molecule has 4 nitrogen and oxygen atoms in total. The van der Waals surface area contributed by atoms with Gasteiger partial charge in [0.2, 0.25) is 0 Å². The molecule has 0 spiro atoms. The summed E-state index contributed by atoms with van der Waals surface area (Å²) in [5.41, 5.74) is 0.606. The second kappa shape index (κ2) is 5.69. The highest BCUT2D eigenvalue weighted by Gasteiger charge is 2.34. The Labute approximate surface area is 119 Å². The van der Waals surface area contributed by atoms with Gasteiger partial charge in [-0.2, -0.15) is 0 Å². The molecule has 1 unspecified atom stereocenters. The van der Waals surface area contributed by atoms with Crippen LogP contribution < -0.4 is 5.32 Å². The number of rotatable bonds is 5. The Morgan fingerprint density at radius 2 is 2.06 bits per heavy atom. The summed E-state index contributed by atoms with van der Waals surface area (Å²) in [5.74, 6) is -0.723. The zero-order valence-corrected chi connectivity index (χ0v) is 11.9. The van der Waals surface area contributed by atoms with Gasteiger partial charge >= 0.3 is 5.97 Å². The van der Waals surface area contributed by atoms with Crippen molar-refractivity contribution in [3.63, 3.8) is 0 Å². The molecule has 5 heteroatoms. The van der Waals surface area contributed by atoms with E-state index in [2.05, 4.69) is 27.9 Å². The summed E-state index contributed by atoms with van der Waals surface area (Å²) in [5, 5.41) is 11.7. The normalized spacial score (nSPS) is 16.1. The van der Waals surface area contributed by atoms with Crippen LogP contribution in [0.4, 0.5) is 0 Å². The third kappa shape index (κ3) is 3.44. The maximum Gasteiger partial charge on any atom is 0.305 e. The first-order valence-electron chi connectivity index (χ1n) is 5.85. The molecule has 2 N–H and O–H groups in total. The molecule has 1 fully saturated rings. The predicted molar refractivity (Wildman–Crippen MR) is 75.4 cm³/mol. The fourth-order valence-electron chi connectivity index (χ4n) is 1.91. The Balaban J connectivity index is 2.05. The lowest BCUT2D eigenvalue weighted by Gasteiger charge is -2.16. The van der Waals surface area contributed by atoms with Gasteiger partial charge in [-0.05, 0) is 53.5 Å². The number of nitrogens with one attached hydrogen (secondary N) is 1. The molecule has 1 aromatic rings. The number of carboxylic acids is 1. The number of hydrogen-bond acceptors (Lipinski definition) is 2. The van der Waals surface area contributed by atoms with E-state index in [9.17, 15) is 9.59 Å². The van der Waals surface area contributed by atoms with Gasteiger partial charge in [0.15, 0.2) is 0 Å². The Bertz CT molecular complexity index is 471. The van der Waals surface area contributed by atoms with Crippen LogP contribution in [-0.2, 0) is 4.79 Å². The van der Waals surface area contributed by atoms with Crippen LogP contribution in [-0.4, -0.2) is 23.0 Å². The van der Waals surface area contributed by atoms with Crippen LogP contribution in [0.5, 0.6) is 0 Å². The highest BCUT2D eigenvalue weighted by molar-refractivity contribution is 14.1. The zero-order chi connectivity index (χ0) is 13.1. The van der Waals surface area contributed by atoms with E-state index in [0.717, 1.165) is 16.4 Å². The Kier molecular flexibility index (Phi) is 4.21. The van der Waals surface area contributed by atoms with Crippen molar-refractivity contribution < 1.29 is 14.7 Å². The molecular weight excluding hydrogens is 345 g/mol. The number of carbonyl (C=O) groups is 2. The Hall–Kier alpha value is -1.11. The number of carboxylic acid groups (broad SMARTS) is 1. The number of hydrogen-bond donors (Lipinski definition) is 2. The standard InChI is InChI=1S/C13H14INO3/c14-10-4-2-1-3-9(10)13(18)15-11(7-12(16)17)8-5-6-8/h1-4,8,11H,5-7H2,(H,15,18)(H,16,17). The molecule has 1 aliphatic rings. The summed E-state index contributed by atoms with van der Waals surface area (Å²) in [6, 6.07) is 7.04. The molecule has 0 heterocycles. The van der Waals surface area contributed by atoms with Gasteiger partial charge in [-0.25, -0.2) is 0 Å². The minimum absolute atomic E-state index is 0.000179. The fraction of sp³-hybridized carbons (Fsp3) is 0.385. The summed E-state index contributed by atoms with van der Waals surface area (Å²) in [6.07, 6.45) is 2.01. The second-order valence-corrected chi connectivity index (χ2v) is 5.66. The van der Waals surface area contributed by atoms with Crippen molar-refractivity contribution in [3.8, 4) is 0 Å². The van der Waals surface area contributed by atoms with E-state index in [1.165, 1.54) is 0 Å². The first-order chi connectivity index (χ1) is 8.58. The molecule has 1 aromatic carbocycles. The van der Waals surface area contributed by atoms with Gasteiger partial charge in [0.1, 0.15) is 0 Å². The van der Waals surface area contributed by atoms with E-state index in [0.29, 0.717) is 11.5 Å². The Morgan fingerprint density at radius 3 is 2.61 bits per heavy atom. The summed E-state index contributed by atoms with van der Waals surface area (Å²) < 4.78 is 0.873. The maximum atomic E-state index is 12.1. The van der Waals surface area contributed by atoms with E-state index in [1.54, 1.807) is 12.1 Å². The maximum absolute atomic E-state index is 12.1. The smallest absolute Gasteiger partial charge is 0.305 e. The molecule has 1 saturated carbocycles. The molecule has 1 aliphatic carbocycles. The van der Waals surface area contributed by atoms with Crippen LogP contribution in [0.25, 0.3) is 0 Å². The monoisotopic (exact) mass is 359 g/mol. The van der Waals surface area contributed by atoms with Gasteiger partial charge in [-0.1, -0.05) is 12.1 Å². The summed E-state index contributed by atoms with van der Waals surface area (Å²) in [6.45, 7) is 0. The predicted octanol–water partition coefficient (Wildman–Crippen LogP) is 2.27. The first kappa shape index (κ1) is 13.3. The molecule has 1 amide bonds. The zero-order valence-electron chi connectivity index (χ0n) is 9.73. The minimum Gasteiger partial charge on any atom is -0.481 e. The third-order valence-electron chi connectivity index (χ3n) is 3.02. The van der Waals surface area contributed by atoms with Gasteiger partial charge in [-0.3, -0.25) is 9.59 Å². The van der Waals surface area contributed by atoms with Crippen LogP contribution in [0.1, 0.15) is 29.6 Å². The van der Waals surface area contributed by atoms with E-state index in [-0.39, 0.29) is 18.4 Å². The lowest BCUT2D eigenvalue weighted by atomic mass is 10.1. The van der Waals surface area contributed by atoms with Crippen molar-refractivity contribution in [1.29, 1.82) is 0 Å². The molecule has 96 valence electrons. The van der Waals surface area contributed by atoms with Gasteiger partial charge < -0.3 is 10.4 Å². The quantitative estimate of drug-likeness (QED) is 0.793. The van der Waals surface area contributed by atoms with Gasteiger partial charge in [0.25, 0.3) is 5.91 Å². The molecule has 0 bridgehead atoms. The van der Waals surface area contributed by atoms with Gasteiger partial charge in [0, 0.05) is 9.61 Å². The molecule has 0 radical (unpaired) electrons. The molecule has 18 heavy (non-hydrogen) atoms. The minimum atomic E-state index is -0.866. The van der Waals surface area contributed by atoms with Crippen molar-refractivity contribution in [2.75, 3.05) is 0 Å². The van der Waals surface area contributed by atoms with E-state index in [4.69, 9.17) is 5.11 Å². The fourth-order valence-corrected chi connectivity index (χ4v) is 2.55. The number of benzene rings is 1. The van der Waals surface area contributed by atoms with Gasteiger partial charge in [-0.15, -0.1) is 0 Å². The number of carbonyl (C=O) groups excluding carboxylic acids is 1. The highest BCUT2D eigenvalue weighted by Crippen LogP contribution is 2.34. The summed E-state index contributed by atoms with van der Waals surface area (Å²) >= 11 is 2.10. The van der Waals surface area contributed by atoms with Crippen molar-refractivity contribution in [1.82, 2.24) is 5.32 Å². The van der Waals surface area contributed by atoms with Crippen molar-refractivity contribution in [3.05, 3.63) is 33.4 Å². The van der Waals surface area contributed by atoms with Crippen molar-refractivity contribution in [2.24, 2.45) is 5.92 Å². The molecule has 0 aliphatic heterocycles. The third-order valence-corrected chi connectivity index (χ3v) is 3.96. The average Bonchev–Trinajstić information content (AvgIpc) is 3.11. The molecule has 2 rings (SSSR count). The highest BCUT2D eigenvalue weighted by atomic mass is 127. The largest absolute Gasteiger partial charge is 0.481 e. The van der Waals surface area contributed by atoms with Crippen LogP contribution in [0.3, 0.4) is 0 Å². The molecule has 0 saturated heterocycles. The van der Waals surface area contributed by atoms with Crippen LogP contribution in [0.15, 0.2) is 24.3 Å². The Morgan fingerprint density at radius 1 is 1.39 bits per heavy atom. The number of halogens is 1. The molecule has 1 atom stereocenters. The number of aliphatic carboxylic acids is 1. The van der Waals surface area contributed by atoms with Crippen molar-refractivity contribution in [2.45, 2.75) is 25.3 Å². The lowest BCUT2D eigenvalue weighted by Crippen LogP contribution is -2.38. The van der Waals surface area contributed by atoms with E-state index < -0.39 is 5.97 Å². The first-order valence-corrected chi connectivity index (χ1v) is 6.93. The SMILES string of the molecule is O=C(O)CC(NC(=O)c1ccccc1I)C1CC1. The molecular formula is C13H14INO3. The van der Waals surface area contributed by atoms with E-state index >= 15 is 0 Å². The topological polar surface area (TPSA) is 66.4 Å². The van der Waals surface area contributed by atoms with Crippen molar-refractivity contribution >= 4 is 34.5 Å². The average molecular weight is 359 g/mol. The second-order valence-electron chi connectivity index (χ2n) is 4.50. The number of amides is 1. The summed E-state index contributed by atoms with van der Waals surface area (Å²) in [7, 11) is 0.